The van der Waals surface area contributed by atoms with Crippen LogP contribution in [0.3, 0.4) is 0 Å². The van der Waals surface area contributed by atoms with Gasteiger partial charge in [-0.05, 0) is 33.3 Å². The van der Waals surface area contributed by atoms with Gasteiger partial charge in [-0.15, -0.1) is 0 Å². The zero-order valence-corrected chi connectivity index (χ0v) is 13.9. The van der Waals surface area contributed by atoms with Crippen molar-refractivity contribution in [2.75, 3.05) is 6.61 Å². The van der Waals surface area contributed by atoms with Crippen LogP contribution in [0.1, 0.15) is 33.3 Å². The number of hydroxylamine groups is 1. The quantitative estimate of drug-likeness (QED) is 0.786. The number of alkyl carbamates (subject to hydrolysis) is 1. The lowest BCUT2D eigenvalue weighted by Crippen LogP contribution is -2.41. The minimum Gasteiger partial charge on any atom is -0.444 e. The topological polar surface area (TPSA) is 85.9 Å². The summed E-state index contributed by atoms with van der Waals surface area (Å²) in [7, 11) is 0. The lowest BCUT2D eigenvalue weighted by atomic mass is 10.2. The van der Waals surface area contributed by atoms with Gasteiger partial charge in [-0.1, -0.05) is 30.3 Å². The second kappa shape index (κ2) is 8.99. The van der Waals surface area contributed by atoms with E-state index in [9.17, 15) is 9.59 Å². The number of carbonyl (C=O) groups is 2. The van der Waals surface area contributed by atoms with Crippen LogP contribution in [0.25, 0.3) is 0 Å². The number of hydrogen-bond donors (Lipinski definition) is 2. The summed E-state index contributed by atoms with van der Waals surface area (Å²) in [5.74, 6) is 0. The van der Waals surface area contributed by atoms with E-state index in [0.29, 0.717) is 0 Å². The Morgan fingerprint density at radius 2 is 1.78 bits per heavy atom. The Bertz CT molecular complexity index is 499. The van der Waals surface area contributed by atoms with Crippen molar-refractivity contribution in [2.45, 2.75) is 45.9 Å². The smallest absolute Gasteiger partial charge is 0.431 e. The van der Waals surface area contributed by atoms with Crippen LogP contribution < -0.4 is 10.8 Å². The summed E-state index contributed by atoms with van der Waals surface area (Å²) < 4.78 is 10.1. The molecule has 0 saturated carbocycles. The van der Waals surface area contributed by atoms with E-state index in [2.05, 4.69) is 10.8 Å². The van der Waals surface area contributed by atoms with Crippen LogP contribution in [0, 0.1) is 0 Å². The normalized spacial score (nSPS) is 12.2. The summed E-state index contributed by atoms with van der Waals surface area (Å²) in [6.45, 7) is 7.29. The number of rotatable bonds is 6. The summed E-state index contributed by atoms with van der Waals surface area (Å²) in [5, 5.41) is 2.59. The highest BCUT2D eigenvalue weighted by Gasteiger charge is 2.17. The molecule has 0 aromatic heterocycles. The Kier molecular flexibility index (Phi) is 7.34. The molecular weight excluding hydrogens is 300 g/mol. The van der Waals surface area contributed by atoms with Crippen molar-refractivity contribution in [1.29, 1.82) is 0 Å². The van der Waals surface area contributed by atoms with Crippen LogP contribution in [-0.4, -0.2) is 30.4 Å². The molecule has 1 atom stereocenters. The maximum absolute atomic E-state index is 11.5. The first kappa shape index (κ1) is 18.8. The van der Waals surface area contributed by atoms with E-state index in [1.807, 2.05) is 30.3 Å². The highest BCUT2D eigenvalue weighted by Crippen LogP contribution is 2.06. The molecule has 0 aliphatic carbocycles. The van der Waals surface area contributed by atoms with Gasteiger partial charge >= 0.3 is 12.2 Å². The van der Waals surface area contributed by atoms with E-state index in [4.69, 9.17) is 14.3 Å². The molecule has 128 valence electrons. The van der Waals surface area contributed by atoms with Crippen LogP contribution in [0.4, 0.5) is 9.59 Å². The van der Waals surface area contributed by atoms with Crippen LogP contribution in [-0.2, 0) is 20.9 Å². The summed E-state index contributed by atoms with van der Waals surface area (Å²) in [6, 6.07) is 8.96. The Balaban J connectivity index is 2.15. The molecule has 0 aliphatic heterocycles. The van der Waals surface area contributed by atoms with Crippen molar-refractivity contribution >= 4 is 12.2 Å². The highest BCUT2D eigenvalue weighted by molar-refractivity contribution is 5.68. The molecular formula is C16H24N2O5. The summed E-state index contributed by atoms with van der Waals surface area (Å²) in [6.07, 6.45) is -1.24. The van der Waals surface area contributed by atoms with Crippen molar-refractivity contribution in [3.63, 3.8) is 0 Å². The number of nitrogens with one attached hydrogen (secondary N) is 2. The number of hydrogen-bond acceptors (Lipinski definition) is 5. The first-order chi connectivity index (χ1) is 10.8. The molecule has 0 heterocycles. The van der Waals surface area contributed by atoms with Gasteiger partial charge in [0, 0.05) is 0 Å². The second-order valence-electron chi connectivity index (χ2n) is 6.02. The molecule has 0 saturated heterocycles. The average molecular weight is 324 g/mol. The monoisotopic (exact) mass is 324 g/mol. The Hall–Kier alpha value is -2.28. The molecule has 2 N–H and O–H groups in total. The van der Waals surface area contributed by atoms with Gasteiger partial charge in [0.15, 0.2) is 0 Å². The van der Waals surface area contributed by atoms with Gasteiger partial charge in [-0.25, -0.2) is 9.59 Å². The van der Waals surface area contributed by atoms with Gasteiger partial charge in [0.1, 0.15) is 12.2 Å². The third-order valence-corrected chi connectivity index (χ3v) is 2.46. The summed E-state index contributed by atoms with van der Waals surface area (Å²) in [5.41, 5.74) is 2.46. The van der Waals surface area contributed by atoms with Gasteiger partial charge in [-0.3, -0.25) is 4.84 Å². The zero-order chi connectivity index (χ0) is 17.3. The standard InChI is InChI=1S/C16H24N2O5/c1-12(17-14(19)23-16(2,3)4)10-22-18-15(20)21-11-13-8-6-5-7-9-13/h5-9,12H,10-11H2,1-4H3,(H,17,19)(H,18,20)/t12-/m1/s1. The number of carbonyl (C=O) groups excluding carboxylic acids is 2. The third kappa shape index (κ3) is 9.36. The van der Waals surface area contributed by atoms with Gasteiger partial charge in [0.25, 0.3) is 0 Å². The number of amides is 2. The molecule has 7 heteroatoms. The van der Waals surface area contributed by atoms with Crippen LogP contribution in [0.2, 0.25) is 0 Å². The fraction of sp³-hybridized carbons (Fsp3) is 0.500. The lowest BCUT2D eigenvalue weighted by Gasteiger charge is -2.21. The van der Waals surface area contributed by atoms with Crippen molar-refractivity contribution < 1.29 is 23.9 Å². The number of benzene rings is 1. The number of ether oxygens (including phenoxy) is 2. The Morgan fingerprint density at radius 1 is 1.13 bits per heavy atom. The molecule has 1 aromatic carbocycles. The molecule has 1 rings (SSSR count). The molecule has 0 spiro atoms. The molecule has 0 bridgehead atoms. The van der Waals surface area contributed by atoms with E-state index < -0.39 is 17.8 Å². The molecule has 23 heavy (non-hydrogen) atoms. The van der Waals surface area contributed by atoms with Crippen molar-refractivity contribution in [3.05, 3.63) is 35.9 Å². The Labute approximate surface area is 136 Å². The van der Waals surface area contributed by atoms with Crippen molar-refractivity contribution in [3.8, 4) is 0 Å². The van der Waals surface area contributed by atoms with Crippen LogP contribution in [0.15, 0.2) is 30.3 Å². The maximum Gasteiger partial charge on any atom is 0.431 e. The highest BCUT2D eigenvalue weighted by atomic mass is 16.7. The second-order valence-corrected chi connectivity index (χ2v) is 6.02. The molecule has 0 radical (unpaired) electrons. The van der Waals surface area contributed by atoms with Gasteiger partial charge in [0.2, 0.25) is 0 Å². The zero-order valence-electron chi connectivity index (χ0n) is 13.9. The first-order valence-electron chi connectivity index (χ1n) is 7.34. The minimum atomic E-state index is -0.696. The predicted octanol–water partition coefficient (Wildman–Crippen LogP) is 2.76. The average Bonchev–Trinajstić information content (AvgIpc) is 2.44. The molecule has 2 amide bonds. The molecule has 0 fully saturated rings. The first-order valence-corrected chi connectivity index (χ1v) is 7.34. The minimum absolute atomic E-state index is 0.0830. The van der Waals surface area contributed by atoms with E-state index in [1.54, 1.807) is 27.7 Å². The SMILES string of the molecule is C[C@H](CONC(=O)OCc1ccccc1)NC(=O)OC(C)(C)C. The summed E-state index contributed by atoms with van der Waals surface area (Å²) in [4.78, 5) is 27.9. The molecule has 0 unspecified atom stereocenters. The predicted molar refractivity (Wildman–Crippen MR) is 84.5 cm³/mol. The fourth-order valence-corrected chi connectivity index (χ4v) is 1.53. The summed E-state index contributed by atoms with van der Waals surface area (Å²) >= 11 is 0. The van der Waals surface area contributed by atoms with Crippen LogP contribution >= 0.6 is 0 Å². The largest absolute Gasteiger partial charge is 0.444 e. The third-order valence-electron chi connectivity index (χ3n) is 2.46. The van der Waals surface area contributed by atoms with Crippen molar-refractivity contribution in [1.82, 2.24) is 10.8 Å². The lowest BCUT2D eigenvalue weighted by molar-refractivity contribution is 0.0128. The fourth-order valence-electron chi connectivity index (χ4n) is 1.53. The van der Waals surface area contributed by atoms with Gasteiger partial charge < -0.3 is 14.8 Å². The molecule has 0 aliphatic rings. The van der Waals surface area contributed by atoms with Crippen molar-refractivity contribution in [2.24, 2.45) is 0 Å². The van der Waals surface area contributed by atoms with Crippen LogP contribution in [0.5, 0.6) is 0 Å². The van der Waals surface area contributed by atoms with Gasteiger partial charge in [-0.2, -0.15) is 5.48 Å². The molecule has 1 aromatic rings. The molecule has 7 nitrogen and oxygen atoms in total. The maximum atomic E-state index is 11.5. The van der Waals surface area contributed by atoms with E-state index in [0.717, 1.165) is 5.56 Å². The van der Waals surface area contributed by atoms with E-state index in [1.165, 1.54) is 0 Å². The van der Waals surface area contributed by atoms with Gasteiger partial charge in [0.05, 0.1) is 12.6 Å². The van der Waals surface area contributed by atoms with E-state index in [-0.39, 0.29) is 19.3 Å². The van der Waals surface area contributed by atoms with E-state index >= 15 is 0 Å². The Morgan fingerprint density at radius 3 is 2.39 bits per heavy atom.